The highest BCUT2D eigenvalue weighted by atomic mass is 32.1. The normalized spacial score (nSPS) is 11.2. The predicted octanol–water partition coefficient (Wildman–Crippen LogP) is 2.82. The van der Waals surface area contributed by atoms with Gasteiger partial charge in [0, 0.05) is 5.69 Å². The van der Waals surface area contributed by atoms with E-state index < -0.39 is 0 Å². The number of aromatic nitrogens is 2. The van der Waals surface area contributed by atoms with Crippen molar-refractivity contribution < 1.29 is 4.79 Å². The number of amides is 1. The number of carbonyl (C=O) groups excluding carboxylic acids is 1. The van der Waals surface area contributed by atoms with Crippen LogP contribution in [0.3, 0.4) is 0 Å². The lowest BCUT2D eigenvalue weighted by atomic mass is 10.2. The van der Waals surface area contributed by atoms with Crippen molar-refractivity contribution >= 4 is 33.5 Å². The highest BCUT2D eigenvalue weighted by Crippen LogP contribution is 2.28. The number of hydrogen-bond donors (Lipinski definition) is 1. The van der Waals surface area contributed by atoms with Crippen molar-refractivity contribution in [3.63, 3.8) is 0 Å². The van der Waals surface area contributed by atoms with Crippen LogP contribution in [-0.4, -0.2) is 15.3 Å². The molecule has 0 bridgehead atoms. The molecule has 1 N–H and O–H groups in total. The average Bonchev–Trinajstić information content (AvgIpc) is 2.61. The maximum atomic E-state index is 11.5. The Kier molecular flexibility index (Phi) is 3.19. The minimum atomic E-state index is -0.167. The molecule has 0 spiro atoms. The van der Waals surface area contributed by atoms with Crippen molar-refractivity contribution in [2.75, 3.05) is 5.32 Å². The zero-order valence-corrected chi connectivity index (χ0v) is 10.8. The van der Waals surface area contributed by atoms with E-state index in [4.69, 9.17) is 0 Å². The Bertz CT molecular complexity index is 601. The molecule has 2 aromatic rings. The lowest BCUT2D eigenvalue weighted by Crippen LogP contribution is -2.08. The van der Waals surface area contributed by atoms with Gasteiger partial charge in [0.05, 0.1) is 5.39 Å². The van der Waals surface area contributed by atoms with E-state index in [9.17, 15) is 4.79 Å². The van der Waals surface area contributed by atoms with Crippen LogP contribution in [0.1, 0.15) is 18.2 Å². The van der Waals surface area contributed by atoms with Crippen LogP contribution in [0.15, 0.2) is 18.2 Å². The smallest absolute Gasteiger partial charge is 0.249 e. The van der Waals surface area contributed by atoms with Gasteiger partial charge >= 0.3 is 0 Å². The van der Waals surface area contributed by atoms with Crippen LogP contribution in [0, 0.1) is 13.8 Å². The van der Waals surface area contributed by atoms with Crippen molar-refractivity contribution in [1.82, 2.24) is 9.36 Å². The molecule has 0 saturated carbocycles. The van der Waals surface area contributed by atoms with E-state index in [1.54, 1.807) is 13.0 Å². The third-order valence-electron chi connectivity index (χ3n) is 2.33. The van der Waals surface area contributed by atoms with Crippen LogP contribution in [-0.2, 0) is 4.79 Å². The first-order valence-corrected chi connectivity index (χ1v) is 6.06. The maximum Gasteiger partial charge on any atom is 0.249 e. The van der Waals surface area contributed by atoms with Gasteiger partial charge < -0.3 is 5.32 Å². The number of anilines is 1. The lowest BCUT2D eigenvalue weighted by molar-refractivity contribution is -0.111. The van der Waals surface area contributed by atoms with Crippen LogP contribution in [0.2, 0.25) is 0 Å². The summed E-state index contributed by atoms with van der Waals surface area (Å²) in [6.45, 7) is 5.75. The Labute approximate surface area is 104 Å². The Morgan fingerprint density at radius 2 is 2.24 bits per heavy atom. The average molecular weight is 247 g/mol. The summed E-state index contributed by atoms with van der Waals surface area (Å²) in [6, 6.07) is 1.99. The second-order valence-corrected chi connectivity index (χ2v) is 4.53. The van der Waals surface area contributed by atoms with Gasteiger partial charge in [-0.25, -0.2) is 4.98 Å². The summed E-state index contributed by atoms with van der Waals surface area (Å²) in [5, 5.41) is 3.69. The fourth-order valence-electron chi connectivity index (χ4n) is 1.69. The molecule has 2 rings (SSSR count). The molecule has 0 aliphatic rings. The molecule has 0 saturated heterocycles. The lowest BCUT2D eigenvalue weighted by Gasteiger charge is -2.01. The summed E-state index contributed by atoms with van der Waals surface area (Å²) < 4.78 is 4.23. The standard InChI is InChI=1S/C12H13N3OS/c1-4-5-9(16)14-11-10-7(2)6-8(3)13-12(10)17-15-11/h4-6H,1-3H3,(H,14,15,16)/b5-4+. The van der Waals surface area contributed by atoms with Gasteiger partial charge in [-0.2, -0.15) is 4.37 Å². The molecule has 2 aromatic heterocycles. The van der Waals surface area contributed by atoms with Crippen molar-refractivity contribution in [2.45, 2.75) is 20.8 Å². The number of pyridine rings is 1. The van der Waals surface area contributed by atoms with E-state index in [1.165, 1.54) is 17.6 Å². The number of aryl methyl sites for hydroxylation is 2. The number of nitrogens with one attached hydrogen (secondary N) is 1. The molecule has 4 nitrogen and oxygen atoms in total. The monoisotopic (exact) mass is 247 g/mol. The summed E-state index contributed by atoms with van der Waals surface area (Å²) in [5.74, 6) is 0.428. The maximum absolute atomic E-state index is 11.5. The van der Waals surface area contributed by atoms with Gasteiger partial charge in [0.1, 0.15) is 4.83 Å². The zero-order valence-electron chi connectivity index (χ0n) is 9.94. The number of carbonyl (C=O) groups is 1. The highest BCUT2D eigenvalue weighted by molar-refractivity contribution is 7.13. The second-order valence-electron chi connectivity index (χ2n) is 3.78. The second kappa shape index (κ2) is 4.63. The third kappa shape index (κ3) is 2.34. The van der Waals surface area contributed by atoms with E-state index in [0.29, 0.717) is 5.82 Å². The highest BCUT2D eigenvalue weighted by Gasteiger charge is 2.11. The number of allylic oxidation sites excluding steroid dienone is 1. The first kappa shape index (κ1) is 11.7. The molecule has 1 amide bonds. The van der Waals surface area contributed by atoms with Gasteiger partial charge in [-0.05, 0) is 50.0 Å². The Morgan fingerprint density at radius 3 is 2.94 bits per heavy atom. The van der Waals surface area contributed by atoms with Crippen LogP contribution in [0.4, 0.5) is 5.82 Å². The van der Waals surface area contributed by atoms with E-state index in [0.717, 1.165) is 21.5 Å². The quantitative estimate of drug-likeness (QED) is 0.830. The molecule has 5 heteroatoms. The largest absolute Gasteiger partial charge is 0.306 e. The summed E-state index contributed by atoms with van der Waals surface area (Å²) in [4.78, 5) is 16.7. The van der Waals surface area contributed by atoms with Crippen molar-refractivity contribution in [3.05, 3.63) is 29.5 Å². The van der Waals surface area contributed by atoms with E-state index in [2.05, 4.69) is 14.7 Å². The topological polar surface area (TPSA) is 54.9 Å². The minimum absolute atomic E-state index is 0.167. The van der Waals surface area contributed by atoms with Gasteiger partial charge in [0.25, 0.3) is 0 Å². The van der Waals surface area contributed by atoms with Crippen molar-refractivity contribution in [3.8, 4) is 0 Å². The fourth-order valence-corrected chi connectivity index (χ4v) is 2.53. The van der Waals surface area contributed by atoms with Crippen LogP contribution in [0.5, 0.6) is 0 Å². The number of fused-ring (bicyclic) bond motifs is 1. The van der Waals surface area contributed by atoms with E-state index in [-0.39, 0.29) is 5.91 Å². The molecule has 0 fully saturated rings. The van der Waals surface area contributed by atoms with Crippen LogP contribution < -0.4 is 5.32 Å². The minimum Gasteiger partial charge on any atom is -0.306 e. The molecule has 0 aromatic carbocycles. The van der Waals surface area contributed by atoms with E-state index in [1.807, 2.05) is 19.9 Å². The number of hydrogen-bond acceptors (Lipinski definition) is 4. The third-order valence-corrected chi connectivity index (χ3v) is 3.07. The van der Waals surface area contributed by atoms with Gasteiger partial charge in [-0.1, -0.05) is 6.08 Å². The van der Waals surface area contributed by atoms with Gasteiger partial charge in [0.15, 0.2) is 5.82 Å². The zero-order chi connectivity index (χ0) is 12.4. The summed E-state index contributed by atoms with van der Waals surface area (Å²) in [6.07, 6.45) is 3.17. The van der Waals surface area contributed by atoms with Crippen molar-refractivity contribution in [2.24, 2.45) is 0 Å². The van der Waals surface area contributed by atoms with E-state index >= 15 is 0 Å². The number of nitrogens with zero attached hydrogens (tertiary/aromatic N) is 2. The first-order chi connectivity index (χ1) is 8.11. The fraction of sp³-hybridized carbons (Fsp3) is 0.250. The van der Waals surface area contributed by atoms with Crippen LogP contribution in [0.25, 0.3) is 10.2 Å². The summed E-state index contributed by atoms with van der Waals surface area (Å²) in [5.41, 5.74) is 2.04. The van der Waals surface area contributed by atoms with Crippen molar-refractivity contribution in [1.29, 1.82) is 0 Å². The molecule has 0 unspecified atom stereocenters. The molecule has 0 aliphatic carbocycles. The first-order valence-electron chi connectivity index (χ1n) is 5.29. The predicted molar refractivity (Wildman–Crippen MR) is 70.3 cm³/mol. The molecule has 2 heterocycles. The molecule has 0 atom stereocenters. The molecular weight excluding hydrogens is 234 g/mol. The van der Waals surface area contributed by atoms with Crippen LogP contribution >= 0.6 is 11.5 Å². The summed E-state index contributed by atoms with van der Waals surface area (Å²) in [7, 11) is 0. The molecule has 0 aliphatic heterocycles. The SMILES string of the molecule is C/C=C/C(=O)Nc1nsc2nc(C)cc(C)c12. The molecule has 17 heavy (non-hydrogen) atoms. The number of rotatable bonds is 2. The Balaban J connectivity index is 2.46. The Hall–Kier alpha value is -1.75. The molecule has 0 radical (unpaired) electrons. The van der Waals surface area contributed by atoms with Gasteiger partial charge in [0.2, 0.25) is 5.91 Å². The van der Waals surface area contributed by atoms with Gasteiger partial charge in [-0.15, -0.1) is 0 Å². The molecule has 88 valence electrons. The summed E-state index contributed by atoms with van der Waals surface area (Å²) >= 11 is 1.30. The van der Waals surface area contributed by atoms with Gasteiger partial charge in [-0.3, -0.25) is 4.79 Å². The Morgan fingerprint density at radius 1 is 1.47 bits per heavy atom. The molecular formula is C12H13N3OS.